The van der Waals surface area contributed by atoms with Crippen LogP contribution >= 0.6 is 0 Å². The van der Waals surface area contributed by atoms with Crippen LogP contribution in [-0.2, 0) is 6.54 Å². The number of benzene rings is 2. The zero-order valence-electron chi connectivity index (χ0n) is 15.6. The number of aromatic nitrogens is 2. The van der Waals surface area contributed by atoms with E-state index in [9.17, 15) is 14.4 Å². The minimum atomic E-state index is -1.34. The summed E-state index contributed by atoms with van der Waals surface area (Å²) in [5.74, 6) is -2.20. The second-order valence-electron chi connectivity index (χ2n) is 6.24. The molecule has 0 saturated carbocycles. The van der Waals surface area contributed by atoms with E-state index < -0.39 is 17.6 Å². The molecule has 2 amide bonds. The van der Waals surface area contributed by atoms with Crippen molar-refractivity contribution in [3.8, 4) is 0 Å². The van der Waals surface area contributed by atoms with Crippen LogP contribution in [0.3, 0.4) is 0 Å². The summed E-state index contributed by atoms with van der Waals surface area (Å²) >= 11 is 0. The van der Waals surface area contributed by atoms with Gasteiger partial charge in [-0.2, -0.15) is 0 Å². The molecule has 0 fully saturated rings. The summed E-state index contributed by atoms with van der Waals surface area (Å²) in [6, 6.07) is 16.0. The van der Waals surface area contributed by atoms with Crippen molar-refractivity contribution >= 4 is 23.5 Å². The minimum absolute atomic E-state index is 0.159. The molecule has 146 valence electrons. The molecule has 0 spiro atoms. The van der Waals surface area contributed by atoms with E-state index in [2.05, 4.69) is 15.3 Å². The second kappa shape index (κ2) is 8.75. The van der Waals surface area contributed by atoms with Gasteiger partial charge in [-0.3, -0.25) is 9.59 Å². The van der Waals surface area contributed by atoms with Crippen molar-refractivity contribution in [2.24, 2.45) is 0 Å². The van der Waals surface area contributed by atoms with Gasteiger partial charge in [0.25, 0.3) is 11.8 Å². The molecule has 0 aliphatic heterocycles. The number of hydrogen-bond donors (Lipinski definition) is 2. The average molecular weight is 390 g/mol. The van der Waals surface area contributed by atoms with Crippen molar-refractivity contribution in [2.75, 3.05) is 12.4 Å². The quantitative estimate of drug-likeness (QED) is 0.669. The molecule has 0 aliphatic rings. The average Bonchev–Trinajstić information content (AvgIpc) is 2.74. The van der Waals surface area contributed by atoms with E-state index in [4.69, 9.17) is 5.11 Å². The first kappa shape index (κ1) is 19.7. The first-order valence-electron chi connectivity index (χ1n) is 8.71. The predicted molar refractivity (Wildman–Crippen MR) is 106 cm³/mol. The maximum atomic E-state index is 12.6. The Morgan fingerprint density at radius 3 is 2.17 bits per heavy atom. The van der Waals surface area contributed by atoms with Gasteiger partial charge in [-0.15, -0.1) is 0 Å². The molecule has 0 saturated heterocycles. The Labute approximate surface area is 166 Å². The number of amides is 2. The molecule has 3 rings (SSSR count). The Morgan fingerprint density at radius 2 is 1.55 bits per heavy atom. The lowest BCUT2D eigenvalue weighted by Gasteiger charge is -2.17. The van der Waals surface area contributed by atoms with Crippen LogP contribution in [-0.4, -0.2) is 44.8 Å². The monoisotopic (exact) mass is 390 g/mol. The summed E-state index contributed by atoms with van der Waals surface area (Å²) in [7, 11) is 1.71. The van der Waals surface area contributed by atoms with E-state index in [-0.39, 0.29) is 11.6 Å². The number of carboxylic acids is 1. The third kappa shape index (κ3) is 4.81. The van der Waals surface area contributed by atoms with Crippen LogP contribution in [0.15, 0.2) is 67.0 Å². The number of anilines is 1. The third-order valence-corrected chi connectivity index (χ3v) is 4.11. The van der Waals surface area contributed by atoms with Crippen LogP contribution in [0.4, 0.5) is 5.69 Å². The fourth-order valence-corrected chi connectivity index (χ4v) is 2.70. The Kier molecular flexibility index (Phi) is 5.94. The van der Waals surface area contributed by atoms with Crippen LogP contribution in [0.1, 0.15) is 36.9 Å². The van der Waals surface area contributed by atoms with Crippen molar-refractivity contribution in [3.63, 3.8) is 0 Å². The lowest BCUT2D eigenvalue weighted by Crippen LogP contribution is -2.26. The van der Waals surface area contributed by atoms with Crippen molar-refractivity contribution in [3.05, 3.63) is 89.5 Å². The SMILES string of the molecule is CN(Cc1ccccc1)C(=O)c1ccc(NC(=O)c2nccnc2C(=O)O)cc1. The van der Waals surface area contributed by atoms with E-state index in [1.807, 2.05) is 30.3 Å². The topological polar surface area (TPSA) is 112 Å². The molecule has 0 atom stereocenters. The van der Waals surface area contributed by atoms with Crippen LogP contribution in [0.25, 0.3) is 0 Å². The number of hydrogen-bond acceptors (Lipinski definition) is 5. The number of aromatic carboxylic acids is 1. The number of nitrogens with one attached hydrogen (secondary N) is 1. The fourth-order valence-electron chi connectivity index (χ4n) is 2.70. The van der Waals surface area contributed by atoms with Gasteiger partial charge >= 0.3 is 5.97 Å². The highest BCUT2D eigenvalue weighted by Crippen LogP contribution is 2.14. The Bertz CT molecular complexity index is 1040. The van der Waals surface area contributed by atoms with E-state index in [1.54, 1.807) is 36.2 Å². The molecule has 1 aromatic heterocycles. The molecule has 8 nitrogen and oxygen atoms in total. The molecule has 0 aliphatic carbocycles. The van der Waals surface area contributed by atoms with Crippen molar-refractivity contribution < 1.29 is 19.5 Å². The highest BCUT2D eigenvalue weighted by atomic mass is 16.4. The van der Waals surface area contributed by atoms with Crippen LogP contribution in [0.2, 0.25) is 0 Å². The molecule has 3 aromatic rings. The predicted octanol–water partition coefficient (Wildman–Crippen LogP) is 2.70. The van der Waals surface area contributed by atoms with Crippen LogP contribution in [0, 0.1) is 0 Å². The van der Waals surface area contributed by atoms with Crippen molar-refractivity contribution in [1.82, 2.24) is 14.9 Å². The van der Waals surface area contributed by atoms with Gasteiger partial charge < -0.3 is 15.3 Å². The number of nitrogens with zero attached hydrogens (tertiary/aromatic N) is 3. The summed E-state index contributed by atoms with van der Waals surface area (Å²) in [6.07, 6.45) is 2.44. The molecule has 29 heavy (non-hydrogen) atoms. The Morgan fingerprint density at radius 1 is 0.931 bits per heavy atom. The summed E-state index contributed by atoms with van der Waals surface area (Å²) < 4.78 is 0. The molecule has 0 bridgehead atoms. The molecule has 0 radical (unpaired) electrons. The number of rotatable bonds is 6. The van der Waals surface area contributed by atoms with Crippen molar-refractivity contribution in [1.29, 1.82) is 0 Å². The largest absolute Gasteiger partial charge is 0.476 e. The molecule has 1 heterocycles. The fraction of sp³-hybridized carbons (Fsp3) is 0.0952. The lowest BCUT2D eigenvalue weighted by atomic mass is 10.1. The third-order valence-electron chi connectivity index (χ3n) is 4.11. The number of carboxylic acid groups (broad SMARTS) is 1. The van der Waals surface area contributed by atoms with Crippen LogP contribution in [0.5, 0.6) is 0 Å². The van der Waals surface area contributed by atoms with Crippen LogP contribution < -0.4 is 5.32 Å². The first-order chi connectivity index (χ1) is 14.0. The lowest BCUT2D eigenvalue weighted by molar-refractivity contribution is 0.0684. The zero-order chi connectivity index (χ0) is 20.8. The smallest absolute Gasteiger partial charge is 0.356 e. The van der Waals surface area contributed by atoms with Crippen molar-refractivity contribution in [2.45, 2.75) is 6.54 Å². The Hall–Kier alpha value is -4.07. The molecular formula is C21H18N4O4. The number of carbonyl (C=O) groups is 3. The Balaban J connectivity index is 1.68. The summed E-state index contributed by atoms with van der Waals surface area (Å²) in [5.41, 5.74) is 1.17. The first-order valence-corrected chi connectivity index (χ1v) is 8.71. The zero-order valence-corrected chi connectivity index (χ0v) is 15.6. The van der Waals surface area contributed by atoms with Gasteiger partial charge in [0.05, 0.1) is 0 Å². The van der Waals surface area contributed by atoms with E-state index >= 15 is 0 Å². The number of carbonyl (C=O) groups excluding carboxylic acids is 2. The van der Waals surface area contributed by atoms with Gasteiger partial charge in [-0.25, -0.2) is 14.8 Å². The normalized spacial score (nSPS) is 10.2. The van der Waals surface area contributed by atoms with Gasteiger partial charge in [-0.05, 0) is 29.8 Å². The second-order valence-corrected chi connectivity index (χ2v) is 6.24. The van der Waals surface area contributed by atoms with E-state index in [1.165, 1.54) is 12.4 Å². The summed E-state index contributed by atoms with van der Waals surface area (Å²) in [5, 5.41) is 11.7. The molecule has 2 N–H and O–H groups in total. The van der Waals surface area contributed by atoms with E-state index in [0.717, 1.165) is 5.56 Å². The van der Waals surface area contributed by atoms with Gasteiger partial charge in [0.15, 0.2) is 11.4 Å². The summed E-state index contributed by atoms with van der Waals surface area (Å²) in [4.78, 5) is 45.1. The molecular weight excluding hydrogens is 372 g/mol. The van der Waals surface area contributed by atoms with Gasteiger partial charge in [-0.1, -0.05) is 30.3 Å². The van der Waals surface area contributed by atoms with Gasteiger partial charge in [0, 0.05) is 37.2 Å². The van der Waals surface area contributed by atoms with Gasteiger partial charge in [0.1, 0.15) is 0 Å². The minimum Gasteiger partial charge on any atom is -0.476 e. The maximum absolute atomic E-state index is 12.6. The molecule has 0 unspecified atom stereocenters. The standard InChI is InChI=1S/C21H18N4O4/c1-25(13-14-5-3-2-4-6-14)20(27)15-7-9-16(10-8-15)24-19(26)17-18(21(28)29)23-12-11-22-17/h2-12H,13H2,1H3,(H,24,26)(H,28,29). The molecule has 2 aromatic carbocycles. The molecule has 8 heteroatoms. The van der Waals surface area contributed by atoms with E-state index in [0.29, 0.717) is 17.8 Å². The highest BCUT2D eigenvalue weighted by Gasteiger charge is 2.19. The van der Waals surface area contributed by atoms with Gasteiger partial charge in [0.2, 0.25) is 0 Å². The maximum Gasteiger partial charge on any atom is 0.356 e. The highest BCUT2D eigenvalue weighted by molar-refractivity contribution is 6.08. The summed E-state index contributed by atoms with van der Waals surface area (Å²) in [6.45, 7) is 0.475.